The van der Waals surface area contributed by atoms with Crippen LogP contribution in [0.1, 0.15) is 5.56 Å². The van der Waals surface area contributed by atoms with Gasteiger partial charge in [-0.15, -0.1) is 0 Å². The fraction of sp³-hybridized carbons (Fsp3) is 0.118. The highest BCUT2D eigenvalue weighted by atomic mass is 79.9. The molecule has 0 bridgehead atoms. The second kappa shape index (κ2) is 6.34. The molecule has 3 rings (SSSR count). The molecule has 23 heavy (non-hydrogen) atoms. The molecule has 0 unspecified atom stereocenters. The van der Waals surface area contributed by atoms with Crippen LogP contribution in [-0.4, -0.2) is 15.7 Å². The Kier molecular flexibility index (Phi) is 4.25. The van der Waals surface area contributed by atoms with Gasteiger partial charge in [-0.1, -0.05) is 24.3 Å². The van der Waals surface area contributed by atoms with Crippen molar-refractivity contribution in [1.82, 2.24) is 9.78 Å². The Balaban J connectivity index is 1.83. The Labute approximate surface area is 140 Å². The SMILES string of the molecule is Cc1ccc(OC(=O)Cn2ncc3ccccc3c2=O)c(Br)c1. The monoisotopic (exact) mass is 372 g/mol. The van der Waals surface area contributed by atoms with Crippen molar-refractivity contribution in [2.24, 2.45) is 0 Å². The van der Waals surface area contributed by atoms with Crippen molar-refractivity contribution in [2.45, 2.75) is 13.5 Å². The molecule has 0 spiro atoms. The van der Waals surface area contributed by atoms with E-state index in [1.807, 2.05) is 25.1 Å². The first-order valence-electron chi connectivity index (χ1n) is 6.96. The van der Waals surface area contributed by atoms with Gasteiger partial charge in [0.2, 0.25) is 0 Å². The Hall–Kier alpha value is -2.47. The molecule has 1 heterocycles. The predicted molar refractivity (Wildman–Crippen MR) is 90.5 cm³/mol. The lowest BCUT2D eigenvalue weighted by molar-refractivity contribution is -0.135. The van der Waals surface area contributed by atoms with Crippen LogP contribution in [0.4, 0.5) is 0 Å². The fourth-order valence-corrected chi connectivity index (χ4v) is 2.78. The number of esters is 1. The molecule has 5 nitrogen and oxygen atoms in total. The summed E-state index contributed by atoms with van der Waals surface area (Å²) in [5, 5.41) is 5.28. The Bertz CT molecular complexity index is 950. The summed E-state index contributed by atoms with van der Waals surface area (Å²) in [5.41, 5.74) is 0.729. The summed E-state index contributed by atoms with van der Waals surface area (Å²) in [5.74, 6) is -0.145. The number of nitrogens with zero attached hydrogens (tertiary/aromatic N) is 2. The molecular formula is C17H13BrN2O3. The molecule has 1 aromatic heterocycles. The van der Waals surface area contributed by atoms with Crippen molar-refractivity contribution in [3.05, 3.63) is 69.1 Å². The number of hydrogen-bond donors (Lipinski definition) is 0. The molecule has 2 aromatic carbocycles. The molecule has 0 atom stereocenters. The topological polar surface area (TPSA) is 61.2 Å². The molecule has 3 aromatic rings. The second-order valence-corrected chi connectivity index (χ2v) is 5.96. The Morgan fingerprint density at radius 2 is 2.04 bits per heavy atom. The number of fused-ring (bicyclic) bond motifs is 1. The highest BCUT2D eigenvalue weighted by Crippen LogP contribution is 2.25. The lowest BCUT2D eigenvalue weighted by Crippen LogP contribution is -2.28. The van der Waals surface area contributed by atoms with E-state index in [0.29, 0.717) is 15.6 Å². The molecule has 0 aliphatic heterocycles. The standard InChI is InChI=1S/C17H13BrN2O3/c1-11-6-7-15(14(18)8-11)23-16(21)10-20-17(22)13-5-3-2-4-12(13)9-19-20/h2-9H,10H2,1H3. The lowest BCUT2D eigenvalue weighted by atomic mass is 10.2. The molecule has 0 radical (unpaired) electrons. The highest BCUT2D eigenvalue weighted by molar-refractivity contribution is 9.10. The molecule has 0 amide bonds. The molecule has 0 aliphatic carbocycles. The van der Waals surface area contributed by atoms with E-state index in [4.69, 9.17) is 4.74 Å². The van der Waals surface area contributed by atoms with Crippen LogP contribution >= 0.6 is 15.9 Å². The maximum atomic E-state index is 12.3. The number of ether oxygens (including phenoxy) is 1. The van der Waals surface area contributed by atoms with Gasteiger partial charge < -0.3 is 4.74 Å². The summed E-state index contributed by atoms with van der Waals surface area (Å²) < 4.78 is 7.07. The van der Waals surface area contributed by atoms with Crippen LogP contribution in [0.25, 0.3) is 10.8 Å². The quantitative estimate of drug-likeness (QED) is 0.523. The van der Waals surface area contributed by atoms with E-state index in [0.717, 1.165) is 15.6 Å². The van der Waals surface area contributed by atoms with Gasteiger partial charge in [-0.05, 0) is 46.6 Å². The van der Waals surface area contributed by atoms with Gasteiger partial charge in [-0.3, -0.25) is 4.79 Å². The van der Waals surface area contributed by atoms with E-state index < -0.39 is 5.97 Å². The Morgan fingerprint density at radius 3 is 2.83 bits per heavy atom. The van der Waals surface area contributed by atoms with Gasteiger partial charge in [0.1, 0.15) is 12.3 Å². The van der Waals surface area contributed by atoms with Crippen LogP contribution in [-0.2, 0) is 11.3 Å². The third-order valence-corrected chi connectivity index (χ3v) is 3.97. The molecule has 0 saturated heterocycles. The van der Waals surface area contributed by atoms with E-state index in [9.17, 15) is 9.59 Å². The average Bonchev–Trinajstić information content (AvgIpc) is 2.53. The molecule has 0 fully saturated rings. The second-order valence-electron chi connectivity index (χ2n) is 5.10. The number of aromatic nitrogens is 2. The zero-order chi connectivity index (χ0) is 16.4. The largest absolute Gasteiger partial charge is 0.424 e. The normalized spacial score (nSPS) is 10.7. The molecule has 6 heteroatoms. The van der Waals surface area contributed by atoms with Gasteiger partial charge in [0, 0.05) is 5.39 Å². The van der Waals surface area contributed by atoms with Gasteiger partial charge in [0.05, 0.1) is 16.1 Å². The highest BCUT2D eigenvalue weighted by Gasteiger charge is 2.12. The summed E-state index contributed by atoms with van der Waals surface area (Å²) in [4.78, 5) is 24.4. The van der Waals surface area contributed by atoms with Gasteiger partial charge in [0.25, 0.3) is 5.56 Å². The summed E-state index contributed by atoms with van der Waals surface area (Å²) in [6.45, 7) is 1.69. The van der Waals surface area contributed by atoms with Crippen molar-refractivity contribution in [2.75, 3.05) is 0 Å². The predicted octanol–water partition coefficient (Wildman–Crippen LogP) is 3.07. The molecule has 0 aliphatic rings. The summed E-state index contributed by atoms with van der Waals surface area (Å²) in [6.07, 6.45) is 1.56. The summed E-state index contributed by atoms with van der Waals surface area (Å²) in [7, 11) is 0. The van der Waals surface area contributed by atoms with Crippen molar-refractivity contribution in [3.8, 4) is 5.75 Å². The van der Waals surface area contributed by atoms with E-state index in [2.05, 4.69) is 21.0 Å². The van der Waals surface area contributed by atoms with Gasteiger partial charge >= 0.3 is 5.97 Å². The minimum absolute atomic E-state index is 0.246. The van der Waals surface area contributed by atoms with E-state index in [-0.39, 0.29) is 12.1 Å². The molecule has 116 valence electrons. The first-order valence-corrected chi connectivity index (χ1v) is 7.75. The van der Waals surface area contributed by atoms with Gasteiger partial charge in [-0.2, -0.15) is 5.10 Å². The number of benzene rings is 2. The minimum Gasteiger partial charge on any atom is -0.424 e. The van der Waals surface area contributed by atoms with Gasteiger partial charge in [-0.25, -0.2) is 9.48 Å². The average molecular weight is 373 g/mol. The van der Waals surface area contributed by atoms with Crippen LogP contribution in [0.5, 0.6) is 5.75 Å². The number of hydrogen-bond acceptors (Lipinski definition) is 4. The number of carbonyl (C=O) groups excluding carboxylic acids is 1. The maximum absolute atomic E-state index is 12.3. The number of rotatable bonds is 3. The van der Waals surface area contributed by atoms with Crippen molar-refractivity contribution >= 4 is 32.7 Å². The van der Waals surface area contributed by atoms with Crippen molar-refractivity contribution in [3.63, 3.8) is 0 Å². The van der Waals surface area contributed by atoms with Crippen molar-refractivity contribution in [1.29, 1.82) is 0 Å². The summed E-state index contributed by atoms with van der Waals surface area (Å²) in [6, 6.07) is 12.5. The molecular weight excluding hydrogens is 360 g/mol. The smallest absolute Gasteiger partial charge is 0.333 e. The van der Waals surface area contributed by atoms with Crippen LogP contribution < -0.4 is 10.3 Å². The number of aryl methyl sites for hydroxylation is 1. The first-order chi connectivity index (χ1) is 11.0. The molecule has 0 saturated carbocycles. The zero-order valence-corrected chi connectivity index (χ0v) is 13.9. The van der Waals surface area contributed by atoms with Crippen LogP contribution in [0.3, 0.4) is 0 Å². The van der Waals surface area contributed by atoms with Crippen molar-refractivity contribution < 1.29 is 9.53 Å². The van der Waals surface area contributed by atoms with E-state index in [1.54, 1.807) is 30.5 Å². The number of carbonyl (C=O) groups is 1. The third-order valence-electron chi connectivity index (χ3n) is 3.35. The van der Waals surface area contributed by atoms with Gasteiger partial charge in [0.15, 0.2) is 0 Å². The summed E-state index contributed by atoms with van der Waals surface area (Å²) >= 11 is 3.35. The molecule has 0 N–H and O–H groups in total. The number of halogens is 1. The van der Waals surface area contributed by atoms with Crippen LogP contribution in [0.2, 0.25) is 0 Å². The van der Waals surface area contributed by atoms with E-state index in [1.165, 1.54) is 0 Å². The van der Waals surface area contributed by atoms with E-state index >= 15 is 0 Å². The fourth-order valence-electron chi connectivity index (χ4n) is 2.21. The zero-order valence-electron chi connectivity index (χ0n) is 12.3. The van der Waals surface area contributed by atoms with Crippen LogP contribution in [0.15, 0.2) is 57.9 Å². The first kappa shape index (κ1) is 15.4. The Morgan fingerprint density at radius 1 is 1.26 bits per heavy atom. The minimum atomic E-state index is -0.556. The lowest BCUT2D eigenvalue weighted by Gasteiger charge is -2.08. The maximum Gasteiger partial charge on any atom is 0.333 e. The third kappa shape index (κ3) is 3.32. The van der Waals surface area contributed by atoms with Crippen LogP contribution in [0, 0.1) is 6.92 Å².